The molecule has 3 N–H and O–H groups in total. The number of carbonyl (C=O) groups excluding carboxylic acids is 1. The van der Waals surface area contributed by atoms with Gasteiger partial charge in [0.25, 0.3) is 0 Å². The minimum Gasteiger partial charge on any atom is -0.393 e. The molecule has 4 nitrogen and oxygen atoms in total. The number of hydrogen-bond acceptors (Lipinski definition) is 3. The zero-order valence-electron chi connectivity index (χ0n) is 8.45. The number of likely N-dealkylation sites (N-methyl/N-ethyl adjacent to an activating group) is 1. The Morgan fingerprint density at radius 2 is 2.43 bits per heavy atom. The summed E-state index contributed by atoms with van der Waals surface area (Å²) in [4.78, 5) is 13.8. The predicted octanol–water partition coefficient (Wildman–Crippen LogP) is -0.127. The van der Waals surface area contributed by atoms with Crippen molar-refractivity contribution in [3.63, 3.8) is 0 Å². The van der Waals surface area contributed by atoms with Crippen molar-refractivity contribution < 1.29 is 4.79 Å². The maximum atomic E-state index is 11.3. The van der Waals surface area contributed by atoms with E-state index in [2.05, 4.69) is 29.5 Å². The Hall–Kier alpha value is -0.680. The highest BCUT2D eigenvalue weighted by Gasteiger charge is 2.18. The van der Waals surface area contributed by atoms with Crippen molar-refractivity contribution in [3.8, 4) is 0 Å². The van der Waals surface area contributed by atoms with Gasteiger partial charge in [0.15, 0.2) is 0 Å². The van der Waals surface area contributed by atoms with Crippen LogP contribution in [0.1, 0.15) is 19.3 Å². The van der Waals surface area contributed by atoms with E-state index >= 15 is 0 Å². The molecule has 14 heavy (non-hydrogen) atoms. The molecule has 0 radical (unpaired) electrons. The van der Waals surface area contributed by atoms with Crippen LogP contribution in [0, 0.1) is 0 Å². The number of hydrogen-bond donors (Lipinski definition) is 2. The fourth-order valence-corrected chi connectivity index (χ4v) is 1.85. The van der Waals surface area contributed by atoms with E-state index < -0.39 is 0 Å². The molecule has 5 heteroatoms. The number of rotatable bonds is 3. The average molecular weight is 215 g/mol. The van der Waals surface area contributed by atoms with E-state index in [1.807, 2.05) is 0 Å². The Morgan fingerprint density at radius 1 is 1.71 bits per heavy atom. The standard InChI is InChI=1S/C9H17N3OS/c1-12-4-2-3-7(6-12)11-9(13)5-8(10)14/h7H,2-6H2,1H3,(H2,10,14)(H,11,13). The third-order valence-corrected chi connectivity index (χ3v) is 2.47. The summed E-state index contributed by atoms with van der Waals surface area (Å²) in [5.74, 6) is -0.0576. The fourth-order valence-electron chi connectivity index (χ4n) is 1.72. The van der Waals surface area contributed by atoms with Crippen LogP contribution >= 0.6 is 12.2 Å². The van der Waals surface area contributed by atoms with Crippen molar-refractivity contribution in [3.05, 3.63) is 0 Å². The maximum absolute atomic E-state index is 11.3. The molecule has 1 atom stereocenters. The van der Waals surface area contributed by atoms with E-state index in [9.17, 15) is 4.79 Å². The third kappa shape index (κ3) is 4.02. The minimum atomic E-state index is -0.0576. The van der Waals surface area contributed by atoms with Crippen LogP contribution in [0.25, 0.3) is 0 Å². The topological polar surface area (TPSA) is 58.4 Å². The summed E-state index contributed by atoms with van der Waals surface area (Å²) >= 11 is 4.67. The summed E-state index contributed by atoms with van der Waals surface area (Å²) in [5.41, 5.74) is 5.29. The van der Waals surface area contributed by atoms with Gasteiger partial charge in [-0.15, -0.1) is 0 Å². The van der Waals surface area contributed by atoms with E-state index in [0.717, 1.165) is 25.9 Å². The Morgan fingerprint density at radius 3 is 3.00 bits per heavy atom. The summed E-state index contributed by atoms with van der Waals surface area (Å²) in [6.45, 7) is 2.03. The van der Waals surface area contributed by atoms with Gasteiger partial charge in [-0.3, -0.25) is 4.79 Å². The lowest BCUT2D eigenvalue weighted by Gasteiger charge is -2.30. The number of amides is 1. The number of nitrogens with zero attached hydrogens (tertiary/aromatic N) is 1. The number of nitrogens with two attached hydrogens (primary N) is 1. The number of thiocarbonyl (C=S) groups is 1. The molecule has 0 saturated carbocycles. The lowest BCUT2D eigenvalue weighted by molar-refractivity contribution is -0.120. The molecule has 1 unspecified atom stereocenters. The van der Waals surface area contributed by atoms with Crippen LogP contribution in [0.2, 0.25) is 0 Å². The summed E-state index contributed by atoms with van der Waals surface area (Å²) in [5, 5.41) is 2.93. The molecule has 1 heterocycles. The fraction of sp³-hybridized carbons (Fsp3) is 0.778. The van der Waals surface area contributed by atoms with E-state index in [1.54, 1.807) is 0 Å². The average Bonchev–Trinajstić information content (AvgIpc) is 2.01. The van der Waals surface area contributed by atoms with E-state index in [4.69, 9.17) is 5.73 Å². The number of carbonyl (C=O) groups is 1. The normalized spacial score (nSPS) is 23.1. The largest absolute Gasteiger partial charge is 0.393 e. The molecule has 1 aliphatic heterocycles. The SMILES string of the molecule is CN1CCCC(NC(=O)CC(N)=S)C1. The molecule has 1 amide bonds. The molecule has 1 aliphatic rings. The van der Waals surface area contributed by atoms with Crippen LogP contribution in [-0.2, 0) is 4.79 Å². The van der Waals surface area contributed by atoms with Gasteiger partial charge in [-0.2, -0.15) is 0 Å². The van der Waals surface area contributed by atoms with Crippen molar-refractivity contribution >= 4 is 23.1 Å². The summed E-state index contributed by atoms with van der Waals surface area (Å²) < 4.78 is 0. The zero-order valence-corrected chi connectivity index (χ0v) is 9.27. The molecule has 0 spiro atoms. The monoisotopic (exact) mass is 215 g/mol. The Bertz CT molecular complexity index is 232. The smallest absolute Gasteiger partial charge is 0.227 e. The first-order valence-corrected chi connectivity index (χ1v) is 5.25. The number of piperidine rings is 1. The van der Waals surface area contributed by atoms with Gasteiger partial charge in [-0.1, -0.05) is 12.2 Å². The minimum absolute atomic E-state index is 0.0576. The van der Waals surface area contributed by atoms with Crippen LogP contribution in [0.15, 0.2) is 0 Å². The highest BCUT2D eigenvalue weighted by atomic mass is 32.1. The second-order valence-corrected chi connectivity index (χ2v) is 4.34. The summed E-state index contributed by atoms with van der Waals surface area (Å²) in [7, 11) is 2.06. The molecule has 1 saturated heterocycles. The van der Waals surface area contributed by atoms with Crippen molar-refractivity contribution in [2.24, 2.45) is 5.73 Å². The van der Waals surface area contributed by atoms with Gasteiger partial charge in [-0.05, 0) is 26.4 Å². The molecule has 80 valence electrons. The molecule has 0 aromatic carbocycles. The van der Waals surface area contributed by atoms with Crippen LogP contribution in [0.3, 0.4) is 0 Å². The molecular formula is C9H17N3OS. The van der Waals surface area contributed by atoms with Gasteiger partial charge in [0.05, 0.1) is 11.4 Å². The van der Waals surface area contributed by atoms with Gasteiger partial charge in [0, 0.05) is 12.6 Å². The lowest BCUT2D eigenvalue weighted by Crippen LogP contribution is -2.46. The van der Waals surface area contributed by atoms with Crippen LogP contribution < -0.4 is 11.1 Å². The van der Waals surface area contributed by atoms with Crippen molar-refractivity contribution in [2.75, 3.05) is 20.1 Å². The first kappa shape index (κ1) is 11.4. The Balaban J connectivity index is 2.28. The van der Waals surface area contributed by atoms with Crippen molar-refractivity contribution in [1.29, 1.82) is 0 Å². The van der Waals surface area contributed by atoms with Gasteiger partial charge in [-0.25, -0.2) is 0 Å². The van der Waals surface area contributed by atoms with E-state index in [-0.39, 0.29) is 23.4 Å². The molecule has 0 aromatic rings. The van der Waals surface area contributed by atoms with Crippen LogP contribution in [0.4, 0.5) is 0 Å². The molecule has 1 rings (SSSR count). The lowest BCUT2D eigenvalue weighted by atomic mass is 10.1. The van der Waals surface area contributed by atoms with E-state index in [0.29, 0.717) is 0 Å². The van der Waals surface area contributed by atoms with Crippen LogP contribution in [0.5, 0.6) is 0 Å². The van der Waals surface area contributed by atoms with E-state index in [1.165, 1.54) is 0 Å². The molecule has 0 aliphatic carbocycles. The van der Waals surface area contributed by atoms with Crippen LogP contribution in [-0.4, -0.2) is 42.0 Å². The second kappa shape index (κ2) is 5.26. The van der Waals surface area contributed by atoms with Crippen molar-refractivity contribution in [1.82, 2.24) is 10.2 Å². The first-order chi connectivity index (χ1) is 6.58. The quantitative estimate of drug-likeness (QED) is 0.644. The van der Waals surface area contributed by atoms with Crippen molar-refractivity contribution in [2.45, 2.75) is 25.3 Å². The summed E-state index contributed by atoms with van der Waals surface area (Å²) in [6.07, 6.45) is 2.34. The third-order valence-electron chi connectivity index (χ3n) is 2.32. The number of likely N-dealkylation sites (tertiary alicyclic amines) is 1. The maximum Gasteiger partial charge on any atom is 0.227 e. The molecule has 0 bridgehead atoms. The zero-order chi connectivity index (χ0) is 10.6. The second-order valence-electron chi connectivity index (χ2n) is 3.81. The Kier molecular flexibility index (Phi) is 4.28. The molecular weight excluding hydrogens is 198 g/mol. The molecule has 1 fully saturated rings. The predicted molar refractivity (Wildman–Crippen MR) is 60.1 cm³/mol. The molecule has 0 aromatic heterocycles. The highest BCUT2D eigenvalue weighted by Crippen LogP contribution is 2.07. The number of nitrogens with one attached hydrogen (secondary N) is 1. The van der Waals surface area contributed by atoms with Gasteiger partial charge < -0.3 is 16.0 Å². The highest BCUT2D eigenvalue weighted by molar-refractivity contribution is 7.80. The summed E-state index contributed by atoms with van der Waals surface area (Å²) in [6, 6.07) is 0.260. The van der Waals surface area contributed by atoms with Gasteiger partial charge >= 0.3 is 0 Å². The Labute approximate surface area is 89.8 Å². The first-order valence-electron chi connectivity index (χ1n) is 4.84. The van der Waals surface area contributed by atoms with Gasteiger partial charge in [0.1, 0.15) is 0 Å². The van der Waals surface area contributed by atoms with Gasteiger partial charge in [0.2, 0.25) is 5.91 Å².